The van der Waals surface area contributed by atoms with Crippen LogP contribution in [0.3, 0.4) is 0 Å². The fourth-order valence-corrected chi connectivity index (χ4v) is 1.88. The van der Waals surface area contributed by atoms with E-state index in [1.165, 1.54) is 0 Å². The Morgan fingerprint density at radius 1 is 1.18 bits per heavy atom. The molecule has 0 unspecified atom stereocenters. The van der Waals surface area contributed by atoms with Crippen molar-refractivity contribution in [3.63, 3.8) is 0 Å². The highest BCUT2D eigenvalue weighted by Gasteiger charge is 2.08. The summed E-state index contributed by atoms with van der Waals surface area (Å²) in [7, 11) is 1.60. The first-order valence-electron chi connectivity index (χ1n) is 4.98. The van der Waals surface area contributed by atoms with Crippen LogP contribution in [0.2, 0.25) is 10.2 Å². The molecule has 0 N–H and O–H groups in total. The summed E-state index contributed by atoms with van der Waals surface area (Å²) < 4.78 is 5.02. The van der Waals surface area contributed by atoms with Crippen molar-refractivity contribution in [2.24, 2.45) is 0 Å². The number of methoxy groups -OCH3 is 1. The number of hydrogen-bond donors (Lipinski definition) is 0. The average molecular weight is 269 g/mol. The van der Waals surface area contributed by atoms with Crippen molar-refractivity contribution in [3.8, 4) is 11.4 Å². The Kier molecular flexibility index (Phi) is 3.94. The Labute approximate surface area is 109 Å². The largest absolute Gasteiger partial charge is 0.378 e. The lowest BCUT2D eigenvalue weighted by molar-refractivity contribution is 0.181. The third kappa shape index (κ3) is 2.94. The van der Waals surface area contributed by atoms with Gasteiger partial charge in [0.15, 0.2) is 5.82 Å². The van der Waals surface area contributed by atoms with E-state index in [2.05, 4.69) is 9.97 Å². The van der Waals surface area contributed by atoms with E-state index < -0.39 is 0 Å². The lowest BCUT2D eigenvalue weighted by atomic mass is 10.2. The smallest absolute Gasteiger partial charge is 0.162 e. The van der Waals surface area contributed by atoms with Crippen molar-refractivity contribution in [3.05, 3.63) is 46.2 Å². The van der Waals surface area contributed by atoms with E-state index >= 15 is 0 Å². The van der Waals surface area contributed by atoms with Gasteiger partial charge in [-0.3, -0.25) is 0 Å². The van der Waals surface area contributed by atoms with Crippen LogP contribution in [0.1, 0.15) is 5.69 Å². The zero-order valence-corrected chi connectivity index (χ0v) is 10.7. The Morgan fingerprint density at radius 2 is 1.94 bits per heavy atom. The van der Waals surface area contributed by atoms with Gasteiger partial charge in [-0.15, -0.1) is 0 Å². The Morgan fingerprint density at radius 3 is 2.65 bits per heavy atom. The Bertz CT molecular complexity index is 532. The van der Waals surface area contributed by atoms with Crippen LogP contribution in [-0.4, -0.2) is 17.1 Å². The molecule has 1 aromatic carbocycles. The highest BCUT2D eigenvalue weighted by molar-refractivity contribution is 6.33. The normalized spacial score (nSPS) is 10.5. The van der Waals surface area contributed by atoms with Crippen molar-refractivity contribution in [1.29, 1.82) is 0 Å². The van der Waals surface area contributed by atoms with Crippen molar-refractivity contribution in [2.45, 2.75) is 6.61 Å². The summed E-state index contributed by atoms with van der Waals surface area (Å²) in [6, 6.07) is 9.04. The lowest BCUT2D eigenvalue weighted by Gasteiger charge is -2.05. The number of ether oxygens (including phenoxy) is 1. The van der Waals surface area contributed by atoms with E-state index in [1.807, 2.05) is 18.2 Å². The lowest BCUT2D eigenvalue weighted by Crippen LogP contribution is -1.97. The van der Waals surface area contributed by atoms with Gasteiger partial charge in [0.05, 0.1) is 17.3 Å². The number of nitrogens with zero attached hydrogens (tertiary/aromatic N) is 2. The summed E-state index contributed by atoms with van der Waals surface area (Å²) in [6.07, 6.45) is 0. The van der Waals surface area contributed by atoms with Crippen molar-refractivity contribution < 1.29 is 4.74 Å². The Hall–Kier alpha value is -1.16. The molecular formula is C12H10Cl2N2O. The first kappa shape index (κ1) is 12.3. The van der Waals surface area contributed by atoms with Crippen LogP contribution in [0, 0.1) is 0 Å². The number of hydrogen-bond acceptors (Lipinski definition) is 3. The molecule has 0 radical (unpaired) electrons. The Balaban J connectivity index is 2.48. The van der Waals surface area contributed by atoms with E-state index in [0.717, 1.165) is 11.3 Å². The molecule has 0 atom stereocenters. The van der Waals surface area contributed by atoms with Gasteiger partial charge in [0.1, 0.15) is 5.15 Å². The van der Waals surface area contributed by atoms with E-state index in [0.29, 0.717) is 22.6 Å². The maximum atomic E-state index is 6.09. The number of benzene rings is 1. The predicted molar refractivity (Wildman–Crippen MR) is 68.2 cm³/mol. The van der Waals surface area contributed by atoms with Crippen LogP contribution in [-0.2, 0) is 11.3 Å². The fraction of sp³-hybridized carbons (Fsp3) is 0.167. The molecule has 0 saturated heterocycles. The zero-order valence-electron chi connectivity index (χ0n) is 9.15. The summed E-state index contributed by atoms with van der Waals surface area (Å²) >= 11 is 12.0. The fourth-order valence-electron chi connectivity index (χ4n) is 1.45. The van der Waals surface area contributed by atoms with Gasteiger partial charge < -0.3 is 4.74 Å². The molecule has 0 bridgehead atoms. The van der Waals surface area contributed by atoms with Gasteiger partial charge in [0.25, 0.3) is 0 Å². The molecule has 2 rings (SSSR count). The van der Waals surface area contributed by atoms with Crippen LogP contribution < -0.4 is 0 Å². The second-order valence-corrected chi connectivity index (χ2v) is 4.21. The minimum Gasteiger partial charge on any atom is -0.378 e. The maximum absolute atomic E-state index is 6.09. The van der Waals surface area contributed by atoms with Gasteiger partial charge in [-0.1, -0.05) is 35.3 Å². The van der Waals surface area contributed by atoms with Crippen molar-refractivity contribution >= 4 is 23.2 Å². The number of rotatable bonds is 3. The van der Waals surface area contributed by atoms with Crippen LogP contribution in [0.25, 0.3) is 11.4 Å². The highest BCUT2D eigenvalue weighted by Crippen LogP contribution is 2.25. The third-order valence-corrected chi connectivity index (χ3v) is 2.68. The number of aromatic nitrogens is 2. The highest BCUT2D eigenvalue weighted by atomic mass is 35.5. The molecule has 2 aromatic rings. The molecule has 0 fully saturated rings. The van der Waals surface area contributed by atoms with Crippen molar-refractivity contribution in [2.75, 3.05) is 7.11 Å². The molecule has 3 nitrogen and oxygen atoms in total. The van der Waals surface area contributed by atoms with Gasteiger partial charge >= 0.3 is 0 Å². The summed E-state index contributed by atoms with van der Waals surface area (Å²) in [5, 5.41) is 0.972. The summed E-state index contributed by atoms with van der Waals surface area (Å²) in [5.74, 6) is 0.509. The average Bonchev–Trinajstić information content (AvgIpc) is 2.29. The van der Waals surface area contributed by atoms with E-state index in [1.54, 1.807) is 19.2 Å². The van der Waals surface area contributed by atoms with Crippen LogP contribution in [0.5, 0.6) is 0 Å². The van der Waals surface area contributed by atoms with Gasteiger partial charge in [-0.25, -0.2) is 9.97 Å². The van der Waals surface area contributed by atoms with Crippen molar-refractivity contribution in [1.82, 2.24) is 9.97 Å². The van der Waals surface area contributed by atoms with Crippen LogP contribution >= 0.6 is 23.2 Å². The van der Waals surface area contributed by atoms with E-state index in [9.17, 15) is 0 Å². The first-order chi connectivity index (χ1) is 8.20. The van der Waals surface area contributed by atoms with Crippen LogP contribution in [0.15, 0.2) is 30.3 Å². The minimum absolute atomic E-state index is 0.377. The molecule has 1 heterocycles. The molecule has 0 saturated carbocycles. The van der Waals surface area contributed by atoms with Gasteiger partial charge in [-0.2, -0.15) is 0 Å². The summed E-state index contributed by atoms with van der Waals surface area (Å²) in [5.41, 5.74) is 1.48. The molecule has 0 aliphatic heterocycles. The first-order valence-corrected chi connectivity index (χ1v) is 5.73. The summed E-state index contributed by atoms with van der Waals surface area (Å²) in [6.45, 7) is 0.389. The van der Waals surface area contributed by atoms with Gasteiger partial charge in [0, 0.05) is 12.7 Å². The quantitative estimate of drug-likeness (QED) is 0.798. The molecule has 88 valence electrons. The monoisotopic (exact) mass is 268 g/mol. The topological polar surface area (TPSA) is 35.0 Å². The predicted octanol–water partition coefficient (Wildman–Crippen LogP) is 3.60. The van der Waals surface area contributed by atoms with E-state index in [-0.39, 0.29) is 0 Å². The van der Waals surface area contributed by atoms with Gasteiger partial charge in [0.2, 0.25) is 0 Å². The molecule has 0 aliphatic carbocycles. The van der Waals surface area contributed by atoms with Gasteiger partial charge in [-0.05, 0) is 18.2 Å². The number of halogens is 2. The van der Waals surface area contributed by atoms with Crippen LogP contribution in [0.4, 0.5) is 0 Å². The third-order valence-electron chi connectivity index (χ3n) is 2.15. The molecular weight excluding hydrogens is 259 g/mol. The minimum atomic E-state index is 0.377. The SMILES string of the molecule is COCc1cc(Cl)nc(-c2ccccc2Cl)n1. The van der Waals surface area contributed by atoms with E-state index in [4.69, 9.17) is 27.9 Å². The second-order valence-electron chi connectivity index (χ2n) is 3.42. The molecule has 17 heavy (non-hydrogen) atoms. The molecule has 0 aliphatic rings. The maximum Gasteiger partial charge on any atom is 0.162 e. The molecule has 0 spiro atoms. The second kappa shape index (κ2) is 5.45. The standard InChI is InChI=1S/C12H10Cl2N2O/c1-17-7-8-6-11(14)16-12(15-8)9-4-2-3-5-10(9)13/h2-6H,7H2,1H3. The molecule has 5 heteroatoms. The summed E-state index contributed by atoms with van der Waals surface area (Å²) in [4.78, 5) is 8.51. The zero-order chi connectivity index (χ0) is 12.3. The molecule has 0 amide bonds. The molecule has 1 aromatic heterocycles.